The first kappa shape index (κ1) is 23.9. The molecule has 29 heavy (non-hydrogen) atoms. The predicted molar refractivity (Wildman–Crippen MR) is 112 cm³/mol. The van der Waals surface area contributed by atoms with Crippen LogP contribution in [0, 0.1) is 13.8 Å². The maximum atomic E-state index is 12.1. The van der Waals surface area contributed by atoms with Crippen LogP contribution < -0.4 is 21.3 Å². The molecule has 5 N–H and O–H groups in total. The van der Waals surface area contributed by atoms with Gasteiger partial charge in [-0.2, -0.15) is 0 Å². The lowest BCUT2D eigenvalue weighted by Gasteiger charge is -2.20. The number of amides is 4. The highest BCUT2D eigenvalue weighted by molar-refractivity contribution is 5.90. The summed E-state index contributed by atoms with van der Waals surface area (Å²) < 4.78 is 0. The first-order chi connectivity index (χ1) is 13.5. The standard InChI is InChI=1S/C20H31N5O4/c1-11-7-12(2)18(27)16(8-11)9-22-13(3)14(4)24-20(29)25-15(5)19(28)23-10-17(26)21-6/h7-9,13-15,27H,10H2,1-6H3,(H,21,26)(H,23,28)(H2,24,25,29)/t13-,14-,15?/m0/s1. The second-order valence-electron chi connectivity index (χ2n) is 7.06. The van der Waals surface area contributed by atoms with Gasteiger partial charge in [0.05, 0.1) is 12.6 Å². The van der Waals surface area contributed by atoms with E-state index in [0.29, 0.717) is 5.56 Å². The molecule has 4 amide bonds. The summed E-state index contributed by atoms with van der Waals surface area (Å²) >= 11 is 0. The van der Waals surface area contributed by atoms with Gasteiger partial charge in [0, 0.05) is 24.9 Å². The van der Waals surface area contributed by atoms with Gasteiger partial charge < -0.3 is 26.4 Å². The first-order valence-corrected chi connectivity index (χ1v) is 9.43. The van der Waals surface area contributed by atoms with E-state index in [0.717, 1.165) is 11.1 Å². The molecular formula is C20H31N5O4. The molecule has 1 aromatic carbocycles. The van der Waals surface area contributed by atoms with Crippen LogP contribution in [0.25, 0.3) is 0 Å². The van der Waals surface area contributed by atoms with Crippen molar-refractivity contribution in [2.24, 2.45) is 4.99 Å². The Balaban J connectivity index is 2.57. The highest BCUT2D eigenvalue weighted by Gasteiger charge is 2.19. The van der Waals surface area contributed by atoms with E-state index in [-0.39, 0.29) is 30.3 Å². The van der Waals surface area contributed by atoms with Crippen molar-refractivity contribution >= 4 is 24.1 Å². The van der Waals surface area contributed by atoms with Crippen molar-refractivity contribution < 1.29 is 19.5 Å². The molecule has 0 bridgehead atoms. The summed E-state index contributed by atoms with van der Waals surface area (Å²) in [6.07, 6.45) is 1.59. The van der Waals surface area contributed by atoms with E-state index in [1.54, 1.807) is 13.1 Å². The summed E-state index contributed by atoms with van der Waals surface area (Å²) in [5.41, 5.74) is 2.41. The molecule has 1 rings (SSSR count). The number of phenolic OH excluding ortho intramolecular Hbond substituents is 1. The van der Waals surface area contributed by atoms with Crippen molar-refractivity contribution in [3.8, 4) is 5.75 Å². The molecule has 160 valence electrons. The Morgan fingerprint density at radius 3 is 2.41 bits per heavy atom. The minimum absolute atomic E-state index is 0.156. The molecule has 0 aromatic heterocycles. The van der Waals surface area contributed by atoms with Gasteiger partial charge in [-0.1, -0.05) is 6.07 Å². The molecule has 0 fully saturated rings. The van der Waals surface area contributed by atoms with Gasteiger partial charge in [0.2, 0.25) is 11.8 Å². The van der Waals surface area contributed by atoms with Crippen molar-refractivity contribution in [3.63, 3.8) is 0 Å². The van der Waals surface area contributed by atoms with Gasteiger partial charge in [-0.05, 0) is 51.8 Å². The summed E-state index contributed by atoms with van der Waals surface area (Å²) in [6.45, 7) is 8.75. The number of nitrogens with zero attached hydrogens (tertiary/aromatic N) is 1. The molecule has 0 aliphatic carbocycles. The van der Waals surface area contributed by atoms with Crippen LogP contribution in [0.3, 0.4) is 0 Å². The zero-order valence-electron chi connectivity index (χ0n) is 17.8. The van der Waals surface area contributed by atoms with Crippen molar-refractivity contribution in [1.82, 2.24) is 21.3 Å². The number of carbonyl (C=O) groups is 3. The molecule has 0 aliphatic heterocycles. The number of hydrogen-bond donors (Lipinski definition) is 5. The fraction of sp³-hybridized carbons (Fsp3) is 0.500. The topological polar surface area (TPSA) is 132 Å². The van der Waals surface area contributed by atoms with E-state index in [1.165, 1.54) is 14.0 Å². The zero-order chi connectivity index (χ0) is 22.1. The van der Waals surface area contributed by atoms with Crippen LogP contribution >= 0.6 is 0 Å². The van der Waals surface area contributed by atoms with Gasteiger partial charge in [0.1, 0.15) is 11.8 Å². The fourth-order valence-corrected chi connectivity index (χ4v) is 2.46. The fourth-order valence-electron chi connectivity index (χ4n) is 2.46. The van der Waals surface area contributed by atoms with Crippen LogP contribution in [0.4, 0.5) is 4.79 Å². The van der Waals surface area contributed by atoms with Gasteiger partial charge in [-0.15, -0.1) is 0 Å². The molecule has 9 heteroatoms. The summed E-state index contributed by atoms with van der Waals surface area (Å²) in [5.74, 6) is -0.612. The van der Waals surface area contributed by atoms with Crippen LogP contribution in [0.2, 0.25) is 0 Å². The van der Waals surface area contributed by atoms with Gasteiger partial charge in [-0.25, -0.2) is 4.79 Å². The minimum atomic E-state index is -0.808. The molecule has 0 saturated heterocycles. The number of phenols is 1. The van der Waals surface area contributed by atoms with Crippen LogP contribution in [0.1, 0.15) is 37.5 Å². The van der Waals surface area contributed by atoms with Gasteiger partial charge >= 0.3 is 6.03 Å². The lowest BCUT2D eigenvalue weighted by atomic mass is 10.1. The molecule has 0 aliphatic rings. The largest absolute Gasteiger partial charge is 0.507 e. The van der Waals surface area contributed by atoms with E-state index in [9.17, 15) is 19.5 Å². The summed E-state index contributed by atoms with van der Waals surface area (Å²) in [7, 11) is 1.47. The van der Waals surface area contributed by atoms with Crippen molar-refractivity contribution in [3.05, 3.63) is 28.8 Å². The van der Waals surface area contributed by atoms with Crippen LogP contribution in [0.15, 0.2) is 17.1 Å². The SMILES string of the molecule is CNC(=O)CNC(=O)C(C)NC(=O)N[C@@H](C)[C@H](C)N=Cc1cc(C)cc(C)c1O. The van der Waals surface area contributed by atoms with E-state index in [2.05, 4.69) is 26.3 Å². The molecule has 1 unspecified atom stereocenters. The molecule has 9 nitrogen and oxygen atoms in total. The van der Waals surface area contributed by atoms with E-state index < -0.39 is 18.0 Å². The quantitative estimate of drug-likeness (QED) is 0.408. The number of aliphatic imine (C=N–C) groups is 1. The van der Waals surface area contributed by atoms with E-state index >= 15 is 0 Å². The Bertz CT molecular complexity index is 778. The average molecular weight is 405 g/mol. The van der Waals surface area contributed by atoms with Crippen LogP contribution in [-0.4, -0.2) is 60.9 Å². The number of urea groups is 1. The Morgan fingerprint density at radius 2 is 1.79 bits per heavy atom. The lowest BCUT2D eigenvalue weighted by molar-refractivity contribution is -0.126. The molecule has 3 atom stereocenters. The average Bonchev–Trinajstić information content (AvgIpc) is 2.66. The summed E-state index contributed by atoms with van der Waals surface area (Å²) in [5, 5.41) is 20.2. The zero-order valence-corrected chi connectivity index (χ0v) is 17.8. The third-order valence-electron chi connectivity index (χ3n) is 4.45. The minimum Gasteiger partial charge on any atom is -0.507 e. The number of hydrogen-bond acceptors (Lipinski definition) is 5. The molecule has 0 heterocycles. The monoisotopic (exact) mass is 405 g/mol. The maximum Gasteiger partial charge on any atom is 0.315 e. The smallest absolute Gasteiger partial charge is 0.315 e. The number of aromatic hydroxyl groups is 1. The third kappa shape index (κ3) is 7.81. The van der Waals surface area contributed by atoms with Crippen molar-refractivity contribution in [1.29, 1.82) is 0 Å². The Hall–Kier alpha value is -3.10. The molecule has 0 saturated carbocycles. The molecule has 0 radical (unpaired) electrons. The molecular weight excluding hydrogens is 374 g/mol. The first-order valence-electron chi connectivity index (χ1n) is 9.43. The Kier molecular flexibility index (Phi) is 9.11. The Morgan fingerprint density at radius 1 is 1.14 bits per heavy atom. The number of benzene rings is 1. The molecule has 1 aromatic rings. The predicted octanol–water partition coefficient (Wildman–Crippen LogP) is 0.755. The van der Waals surface area contributed by atoms with Crippen molar-refractivity contribution in [2.45, 2.75) is 52.7 Å². The Labute approximate surface area is 171 Å². The third-order valence-corrected chi connectivity index (χ3v) is 4.45. The number of aryl methyl sites for hydroxylation is 2. The lowest BCUT2D eigenvalue weighted by Crippen LogP contribution is -2.52. The highest BCUT2D eigenvalue weighted by Crippen LogP contribution is 2.22. The second-order valence-corrected chi connectivity index (χ2v) is 7.06. The van der Waals surface area contributed by atoms with Crippen molar-refractivity contribution in [2.75, 3.05) is 13.6 Å². The highest BCUT2D eigenvalue weighted by atomic mass is 16.3. The van der Waals surface area contributed by atoms with Gasteiger partial charge in [0.25, 0.3) is 0 Å². The number of nitrogens with one attached hydrogen (secondary N) is 4. The summed E-state index contributed by atoms with van der Waals surface area (Å²) in [4.78, 5) is 39.6. The van der Waals surface area contributed by atoms with Gasteiger partial charge in [0.15, 0.2) is 0 Å². The van der Waals surface area contributed by atoms with E-state index in [1.807, 2.05) is 32.9 Å². The second kappa shape index (κ2) is 11.0. The van der Waals surface area contributed by atoms with E-state index in [4.69, 9.17) is 0 Å². The van der Waals surface area contributed by atoms with Crippen LogP contribution in [-0.2, 0) is 9.59 Å². The number of rotatable bonds is 8. The summed E-state index contributed by atoms with van der Waals surface area (Å²) in [6, 6.07) is 1.81. The van der Waals surface area contributed by atoms with Gasteiger partial charge in [-0.3, -0.25) is 14.6 Å². The maximum absolute atomic E-state index is 12.1. The number of likely N-dealkylation sites (N-methyl/N-ethyl adjacent to an activating group) is 1. The van der Waals surface area contributed by atoms with Crippen LogP contribution in [0.5, 0.6) is 5.75 Å². The molecule has 0 spiro atoms. The normalized spacial score (nSPS) is 14.0. The number of carbonyl (C=O) groups excluding carboxylic acids is 3.